The highest BCUT2D eigenvalue weighted by Gasteiger charge is 2.31. The molecule has 0 radical (unpaired) electrons. The van der Waals surface area contributed by atoms with Gasteiger partial charge in [0, 0.05) is 25.2 Å². The molecule has 1 saturated carbocycles. The van der Waals surface area contributed by atoms with Crippen molar-refractivity contribution in [1.29, 1.82) is 10.5 Å². The third-order valence-electron chi connectivity index (χ3n) is 6.19. The molecule has 2 fully saturated rings. The van der Waals surface area contributed by atoms with Gasteiger partial charge < -0.3 is 16.0 Å². The summed E-state index contributed by atoms with van der Waals surface area (Å²) in [5.41, 5.74) is 8.00. The van der Waals surface area contributed by atoms with Gasteiger partial charge in [0.05, 0.1) is 11.1 Å². The number of carbonyl (C=O) groups excluding carboxylic acids is 1. The van der Waals surface area contributed by atoms with Crippen LogP contribution in [0.1, 0.15) is 60.1 Å². The van der Waals surface area contributed by atoms with Gasteiger partial charge in [0.1, 0.15) is 28.2 Å². The number of benzene rings is 1. The van der Waals surface area contributed by atoms with Crippen molar-refractivity contribution in [1.82, 2.24) is 10.3 Å². The third kappa shape index (κ3) is 5.13. The second-order valence-electron chi connectivity index (χ2n) is 8.58. The largest absolute Gasteiger partial charge is 0.368 e. The zero-order valence-corrected chi connectivity index (χ0v) is 19.6. The quantitative estimate of drug-likeness (QED) is 0.579. The fraction of sp³-hybridized carbons (Fsp3) is 0.440. The number of thioether (sulfide) groups is 1. The number of amides is 1. The molecule has 2 atom stereocenters. The molecule has 2 aliphatic rings. The number of hydrogen-bond acceptors (Lipinski definition) is 7. The molecule has 8 heteroatoms. The summed E-state index contributed by atoms with van der Waals surface area (Å²) in [6, 6.07) is 14.8. The molecule has 1 aliphatic carbocycles. The number of nitriles is 2. The SMILES string of the molecule is CCc1c(C#N)c(SC(C(N)=O)c2ccccc2)nc(N2CCCC(NC3CC3)C2)c1C#N. The van der Waals surface area contributed by atoms with Gasteiger partial charge in [0.25, 0.3) is 0 Å². The molecule has 1 aromatic carbocycles. The Morgan fingerprint density at radius 1 is 1.21 bits per heavy atom. The van der Waals surface area contributed by atoms with Crippen molar-refractivity contribution in [3.63, 3.8) is 0 Å². The first-order valence-electron chi connectivity index (χ1n) is 11.4. The summed E-state index contributed by atoms with van der Waals surface area (Å²) in [6.07, 6.45) is 5.09. The summed E-state index contributed by atoms with van der Waals surface area (Å²) in [7, 11) is 0. The van der Waals surface area contributed by atoms with Gasteiger partial charge >= 0.3 is 0 Å². The monoisotopic (exact) mass is 460 g/mol. The molecule has 2 unspecified atom stereocenters. The van der Waals surface area contributed by atoms with Crippen LogP contribution in [0, 0.1) is 22.7 Å². The summed E-state index contributed by atoms with van der Waals surface area (Å²) in [5, 5.41) is 23.5. The van der Waals surface area contributed by atoms with Crippen LogP contribution >= 0.6 is 11.8 Å². The fourth-order valence-corrected chi connectivity index (χ4v) is 5.47. The molecule has 170 valence electrons. The summed E-state index contributed by atoms with van der Waals surface area (Å²) in [5.74, 6) is 0.113. The summed E-state index contributed by atoms with van der Waals surface area (Å²) in [6.45, 7) is 3.52. The molecule has 2 heterocycles. The van der Waals surface area contributed by atoms with Gasteiger partial charge in [-0.2, -0.15) is 10.5 Å². The average molecular weight is 461 g/mol. The van der Waals surface area contributed by atoms with Crippen LogP contribution in [0.4, 0.5) is 5.82 Å². The van der Waals surface area contributed by atoms with Crippen molar-refractivity contribution in [3.05, 3.63) is 52.6 Å². The van der Waals surface area contributed by atoms with Crippen LogP contribution in [0.3, 0.4) is 0 Å². The normalized spacial score (nSPS) is 18.9. The zero-order chi connectivity index (χ0) is 23.4. The van der Waals surface area contributed by atoms with E-state index in [9.17, 15) is 15.3 Å². The lowest BCUT2D eigenvalue weighted by atomic mass is 10.00. The Kier molecular flexibility index (Phi) is 7.17. The predicted octanol–water partition coefficient (Wildman–Crippen LogP) is 3.43. The topological polar surface area (TPSA) is 119 Å². The Bertz CT molecular complexity index is 1100. The van der Waals surface area contributed by atoms with E-state index in [4.69, 9.17) is 10.7 Å². The van der Waals surface area contributed by atoms with Crippen molar-refractivity contribution >= 4 is 23.5 Å². The molecule has 1 saturated heterocycles. The molecule has 7 nitrogen and oxygen atoms in total. The van der Waals surface area contributed by atoms with Gasteiger partial charge in [0.15, 0.2) is 0 Å². The molecule has 3 N–H and O–H groups in total. The van der Waals surface area contributed by atoms with E-state index in [1.54, 1.807) is 0 Å². The minimum Gasteiger partial charge on any atom is -0.368 e. The molecular formula is C25H28N6OS. The number of nitrogens with two attached hydrogens (primary N) is 1. The van der Waals surface area contributed by atoms with Crippen LogP contribution in [0.5, 0.6) is 0 Å². The van der Waals surface area contributed by atoms with Gasteiger partial charge in [-0.15, -0.1) is 0 Å². The first-order valence-corrected chi connectivity index (χ1v) is 12.3. The van der Waals surface area contributed by atoms with Crippen LogP contribution in [0.25, 0.3) is 0 Å². The standard InChI is InChI=1S/C25H28N6OS/c1-2-19-20(13-26)24(31-12-6-9-18(15-31)29-17-10-11-17)30-25(21(19)14-27)33-22(23(28)32)16-7-4-3-5-8-16/h3-5,7-8,17-18,22,29H,2,6,9-12,15H2,1H3,(H2,28,32). The number of piperidine rings is 1. The lowest BCUT2D eigenvalue weighted by molar-refractivity contribution is -0.117. The first-order chi connectivity index (χ1) is 16.0. The Morgan fingerprint density at radius 2 is 1.94 bits per heavy atom. The van der Waals surface area contributed by atoms with E-state index in [2.05, 4.69) is 22.4 Å². The molecule has 4 rings (SSSR count). The molecule has 1 aromatic heterocycles. The second kappa shape index (κ2) is 10.2. The van der Waals surface area contributed by atoms with Crippen LogP contribution in [0.2, 0.25) is 0 Å². The molecule has 1 amide bonds. The summed E-state index contributed by atoms with van der Waals surface area (Å²) >= 11 is 1.19. The smallest absolute Gasteiger partial charge is 0.235 e. The molecular weight excluding hydrogens is 432 g/mol. The van der Waals surface area contributed by atoms with Crippen molar-refractivity contribution < 1.29 is 4.79 Å². The zero-order valence-electron chi connectivity index (χ0n) is 18.8. The Labute approximate surface area is 199 Å². The minimum atomic E-state index is -0.679. The van der Waals surface area contributed by atoms with Gasteiger partial charge in [0.2, 0.25) is 5.91 Å². The lowest BCUT2D eigenvalue weighted by Gasteiger charge is -2.35. The number of rotatable bonds is 8. The Hall–Kier alpha value is -3.07. The van der Waals surface area contributed by atoms with Gasteiger partial charge in [-0.3, -0.25) is 4.79 Å². The van der Waals surface area contributed by atoms with E-state index in [-0.39, 0.29) is 0 Å². The van der Waals surface area contributed by atoms with Crippen molar-refractivity contribution in [3.8, 4) is 12.1 Å². The Morgan fingerprint density at radius 3 is 2.55 bits per heavy atom. The Balaban J connectivity index is 1.74. The van der Waals surface area contributed by atoms with E-state index >= 15 is 0 Å². The first kappa shape index (κ1) is 23.1. The molecule has 33 heavy (non-hydrogen) atoms. The van der Waals surface area contributed by atoms with E-state index in [1.165, 1.54) is 24.6 Å². The molecule has 0 bridgehead atoms. The highest BCUT2D eigenvalue weighted by atomic mass is 32.2. The number of carbonyl (C=O) groups is 1. The second-order valence-corrected chi connectivity index (χ2v) is 9.68. The number of anilines is 1. The van der Waals surface area contributed by atoms with Crippen molar-refractivity contribution in [2.24, 2.45) is 5.73 Å². The summed E-state index contributed by atoms with van der Waals surface area (Å²) < 4.78 is 0. The van der Waals surface area contributed by atoms with Crippen LogP contribution in [0.15, 0.2) is 35.4 Å². The maximum Gasteiger partial charge on any atom is 0.235 e. The minimum absolute atomic E-state index is 0.356. The average Bonchev–Trinajstić information content (AvgIpc) is 3.65. The molecule has 1 aliphatic heterocycles. The predicted molar refractivity (Wildman–Crippen MR) is 129 cm³/mol. The van der Waals surface area contributed by atoms with Crippen molar-refractivity contribution in [2.75, 3.05) is 18.0 Å². The van der Waals surface area contributed by atoms with E-state index in [0.29, 0.717) is 46.0 Å². The highest BCUT2D eigenvalue weighted by Crippen LogP contribution is 2.40. The third-order valence-corrected chi connectivity index (χ3v) is 7.44. The van der Waals surface area contributed by atoms with E-state index in [0.717, 1.165) is 31.5 Å². The number of aromatic nitrogens is 1. The fourth-order valence-electron chi connectivity index (χ4n) is 4.42. The number of hydrogen-bond donors (Lipinski definition) is 2. The highest BCUT2D eigenvalue weighted by molar-refractivity contribution is 8.00. The van der Waals surface area contributed by atoms with Crippen LogP contribution < -0.4 is 16.0 Å². The van der Waals surface area contributed by atoms with E-state index < -0.39 is 11.2 Å². The number of nitrogens with zero attached hydrogens (tertiary/aromatic N) is 4. The summed E-state index contributed by atoms with van der Waals surface area (Å²) in [4.78, 5) is 19.3. The maximum absolute atomic E-state index is 12.3. The number of nitrogens with one attached hydrogen (secondary N) is 1. The van der Waals surface area contributed by atoms with Gasteiger partial charge in [-0.1, -0.05) is 49.0 Å². The van der Waals surface area contributed by atoms with Crippen LogP contribution in [-0.2, 0) is 11.2 Å². The number of pyridine rings is 1. The maximum atomic E-state index is 12.3. The van der Waals surface area contributed by atoms with Gasteiger partial charge in [-0.05, 0) is 43.2 Å². The number of primary amides is 1. The molecule has 2 aromatic rings. The lowest BCUT2D eigenvalue weighted by Crippen LogP contribution is -2.47. The molecule has 0 spiro atoms. The van der Waals surface area contributed by atoms with Crippen LogP contribution in [-0.4, -0.2) is 36.1 Å². The van der Waals surface area contributed by atoms with Gasteiger partial charge in [-0.25, -0.2) is 4.98 Å². The van der Waals surface area contributed by atoms with Crippen molar-refractivity contribution in [2.45, 2.75) is 61.4 Å². The van der Waals surface area contributed by atoms with E-state index in [1.807, 2.05) is 37.3 Å².